The summed E-state index contributed by atoms with van der Waals surface area (Å²) >= 11 is 3.88. The molecule has 1 heterocycles. The fourth-order valence-corrected chi connectivity index (χ4v) is 3.71. The van der Waals surface area contributed by atoms with Crippen LogP contribution in [0.25, 0.3) is 5.57 Å². The van der Waals surface area contributed by atoms with Crippen LogP contribution in [-0.4, -0.2) is 24.8 Å². The van der Waals surface area contributed by atoms with E-state index in [0.717, 1.165) is 35.5 Å². The number of thiol groups is 1. The molecule has 4 nitrogen and oxygen atoms in total. The highest BCUT2D eigenvalue weighted by atomic mass is 32.1. The molecule has 0 radical (unpaired) electrons. The van der Waals surface area contributed by atoms with E-state index in [1.807, 2.05) is 49.7 Å². The highest BCUT2D eigenvalue weighted by Crippen LogP contribution is 2.30. The van der Waals surface area contributed by atoms with Gasteiger partial charge >= 0.3 is 0 Å². The average Bonchev–Trinajstić information content (AvgIpc) is 2.79. The summed E-state index contributed by atoms with van der Waals surface area (Å²) in [6.07, 6.45) is 11.6. The number of aliphatic imine (C=N–C) groups is 1. The first-order chi connectivity index (χ1) is 14.7. The van der Waals surface area contributed by atoms with Gasteiger partial charge in [-0.2, -0.15) is 0 Å². The van der Waals surface area contributed by atoms with Gasteiger partial charge in [0.1, 0.15) is 17.7 Å². The summed E-state index contributed by atoms with van der Waals surface area (Å²) in [5.41, 5.74) is 3.27. The third-order valence-electron chi connectivity index (χ3n) is 5.30. The minimum absolute atomic E-state index is 0.0721. The Hall–Kier alpha value is -2.40. The quantitative estimate of drug-likeness (QED) is 0.247. The number of hydrogen-bond acceptors (Lipinski definition) is 5. The van der Waals surface area contributed by atoms with E-state index in [4.69, 9.17) is 13.9 Å². The molecule has 0 N–H and O–H groups in total. The van der Waals surface area contributed by atoms with E-state index in [0.29, 0.717) is 5.75 Å². The molecule has 5 heteroatoms. The topological polar surface area (TPSA) is 34.1 Å². The van der Waals surface area contributed by atoms with Crippen LogP contribution in [0.3, 0.4) is 0 Å². The molecule has 0 saturated heterocycles. The van der Waals surface area contributed by atoms with Crippen molar-refractivity contribution >= 4 is 24.7 Å². The first kappa shape index (κ1) is 22.3. The summed E-state index contributed by atoms with van der Waals surface area (Å²) in [6, 6.07) is 16.1. The molecular weight excluding hydrogens is 392 g/mol. The minimum Gasteiger partial charge on any atom is -0.494 e. The first-order valence-electron chi connectivity index (χ1n) is 10.8. The van der Waals surface area contributed by atoms with E-state index >= 15 is 0 Å². The molecule has 0 bridgehead atoms. The maximum Gasteiger partial charge on any atom is 0.146 e. The van der Waals surface area contributed by atoms with Gasteiger partial charge in [-0.05, 0) is 36.2 Å². The summed E-state index contributed by atoms with van der Waals surface area (Å²) in [5, 5.41) is 0. The lowest BCUT2D eigenvalue weighted by molar-refractivity contribution is 0.304. The fourth-order valence-electron chi connectivity index (χ4n) is 3.60. The van der Waals surface area contributed by atoms with Crippen LogP contribution in [0.2, 0.25) is 0 Å². The van der Waals surface area contributed by atoms with Gasteiger partial charge in [-0.1, -0.05) is 63.3 Å². The fraction of sp³-hybridized carbons (Fsp3) is 0.400. The van der Waals surface area contributed by atoms with Crippen LogP contribution in [0, 0.1) is 0 Å². The number of unbranched alkanes of at least 4 members (excludes halogenated alkanes) is 5. The molecule has 0 fully saturated rings. The van der Waals surface area contributed by atoms with Gasteiger partial charge in [0.25, 0.3) is 0 Å². The highest BCUT2D eigenvalue weighted by molar-refractivity contribution is 7.75. The van der Waals surface area contributed by atoms with Gasteiger partial charge in [-0.15, -0.1) is 0 Å². The zero-order chi connectivity index (χ0) is 21.2. The van der Waals surface area contributed by atoms with Crippen molar-refractivity contribution in [1.29, 1.82) is 0 Å². The SMILES string of the molecule is CCCCCCCCOc1ccc(C2=CN(C)C(c3cccc(OS)c3)N=C2)cc1. The van der Waals surface area contributed by atoms with Crippen molar-refractivity contribution in [3.63, 3.8) is 0 Å². The van der Waals surface area contributed by atoms with Crippen LogP contribution in [0.5, 0.6) is 11.5 Å². The Kier molecular flexibility index (Phi) is 8.69. The molecule has 0 spiro atoms. The zero-order valence-electron chi connectivity index (χ0n) is 18.0. The van der Waals surface area contributed by atoms with Crippen molar-refractivity contribution in [3.8, 4) is 11.5 Å². The monoisotopic (exact) mass is 424 g/mol. The molecule has 0 aromatic heterocycles. The number of benzene rings is 2. The van der Waals surface area contributed by atoms with E-state index in [1.165, 1.54) is 32.1 Å². The van der Waals surface area contributed by atoms with Gasteiger partial charge < -0.3 is 13.8 Å². The molecular formula is C25H32N2O2S. The van der Waals surface area contributed by atoms with Crippen molar-refractivity contribution in [1.82, 2.24) is 4.90 Å². The molecule has 3 rings (SSSR count). The van der Waals surface area contributed by atoms with Crippen LogP contribution in [0.1, 0.15) is 62.7 Å². The number of ether oxygens (including phenoxy) is 1. The van der Waals surface area contributed by atoms with Crippen LogP contribution < -0.4 is 8.92 Å². The number of hydrogen-bond donors (Lipinski definition) is 1. The summed E-state index contributed by atoms with van der Waals surface area (Å²) in [5.74, 6) is 1.64. The van der Waals surface area contributed by atoms with Gasteiger partial charge in [0, 0.05) is 43.5 Å². The van der Waals surface area contributed by atoms with E-state index in [9.17, 15) is 0 Å². The predicted molar refractivity (Wildman–Crippen MR) is 128 cm³/mol. The Labute approximate surface area is 186 Å². The molecule has 2 aromatic rings. The molecule has 1 aliphatic rings. The molecule has 0 aliphatic carbocycles. The second-order valence-electron chi connectivity index (χ2n) is 7.71. The Morgan fingerprint density at radius 1 is 0.967 bits per heavy atom. The van der Waals surface area contributed by atoms with E-state index in [2.05, 4.69) is 43.1 Å². The Morgan fingerprint density at radius 2 is 1.73 bits per heavy atom. The van der Waals surface area contributed by atoms with Crippen molar-refractivity contribution in [2.75, 3.05) is 13.7 Å². The average molecular weight is 425 g/mol. The number of rotatable bonds is 11. The van der Waals surface area contributed by atoms with E-state index < -0.39 is 0 Å². The Bertz CT molecular complexity index is 848. The summed E-state index contributed by atoms with van der Waals surface area (Å²) in [7, 11) is 2.04. The minimum atomic E-state index is -0.0721. The number of allylic oxidation sites excluding steroid dienone is 1. The highest BCUT2D eigenvalue weighted by Gasteiger charge is 2.18. The molecule has 2 aromatic carbocycles. The van der Waals surface area contributed by atoms with E-state index in [-0.39, 0.29) is 6.17 Å². The standard InChI is InChI=1S/C25H32N2O2S/c1-3-4-5-6-7-8-16-28-23-14-12-20(13-15-23)22-18-26-25(27(2)19-22)21-10-9-11-24(17-21)29-30/h9-15,17-19,25,30H,3-8,16H2,1-2H3. The van der Waals surface area contributed by atoms with Crippen LogP contribution in [-0.2, 0) is 0 Å². The third kappa shape index (κ3) is 6.30. The maximum absolute atomic E-state index is 5.89. The maximum atomic E-state index is 5.89. The summed E-state index contributed by atoms with van der Waals surface area (Å²) in [4.78, 5) is 6.86. The van der Waals surface area contributed by atoms with Gasteiger partial charge in [0.2, 0.25) is 0 Å². The van der Waals surface area contributed by atoms with Gasteiger partial charge in [0.05, 0.1) is 6.61 Å². The van der Waals surface area contributed by atoms with Crippen LogP contribution in [0.15, 0.2) is 59.7 Å². The second-order valence-corrected chi connectivity index (χ2v) is 7.89. The largest absolute Gasteiger partial charge is 0.494 e. The third-order valence-corrected chi connectivity index (χ3v) is 5.51. The predicted octanol–water partition coefficient (Wildman–Crippen LogP) is 6.71. The van der Waals surface area contributed by atoms with Crippen LogP contribution >= 0.6 is 12.9 Å². The zero-order valence-corrected chi connectivity index (χ0v) is 18.9. The molecule has 30 heavy (non-hydrogen) atoms. The molecule has 0 amide bonds. The van der Waals surface area contributed by atoms with Gasteiger partial charge in [-0.25, -0.2) is 0 Å². The van der Waals surface area contributed by atoms with Gasteiger partial charge in [0.15, 0.2) is 0 Å². The van der Waals surface area contributed by atoms with Crippen LogP contribution in [0.4, 0.5) is 0 Å². The molecule has 0 saturated carbocycles. The van der Waals surface area contributed by atoms with E-state index in [1.54, 1.807) is 0 Å². The molecule has 1 atom stereocenters. The Balaban J connectivity index is 1.52. The lowest BCUT2D eigenvalue weighted by Gasteiger charge is -2.28. The van der Waals surface area contributed by atoms with Gasteiger partial charge in [-0.3, -0.25) is 4.99 Å². The van der Waals surface area contributed by atoms with Crippen molar-refractivity contribution in [3.05, 3.63) is 65.9 Å². The summed E-state index contributed by atoms with van der Waals surface area (Å²) in [6.45, 7) is 3.03. The Morgan fingerprint density at radius 3 is 2.47 bits per heavy atom. The summed E-state index contributed by atoms with van der Waals surface area (Å²) < 4.78 is 10.9. The number of nitrogens with zero attached hydrogens (tertiary/aromatic N) is 2. The smallest absolute Gasteiger partial charge is 0.146 e. The first-order valence-corrected chi connectivity index (χ1v) is 11.2. The molecule has 1 aliphatic heterocycles. The lowest BCUT2D eigenvalue weighted by Crippen LogP contribution is -2.21. The van der Waals surface area contributed by atoms with Crippen molar-refractivity contribution in [2.24, 2.45) is 4.99 Å². The molecule has 160 valence electrons. The van der Waals surface area contributed by atoms with Crippen molar-refractivity contribution in [2.45, 2.75) is 51.6 Å². The molecule has 1 unspecified atom stereocenters. The second kappa shape index (κ2) is 11.7. The van der Waals surface area contributed by atoms with Crippen molar-refractivity contribution < 1.29 is 8.92 Å². The lowest BCUT2D eigenvalue weighted by atomic mass is 10.1. The normalized spacial score (nSPS) is 15.8.